The summed E-state index contributed by atoms with van der Waals surface area (Å²) in [6.45, 7) is 8.26. The van der Waals surface area contributed by atoms with Crippen LogP contribution >= 0.6 is 0 Å². The zero-order chi connectivity index (χ0) is 15.7. The number of carbonyl (C=O) groups excluding carboxylic acids is 2. The molecule has 0 aromatic carbocycles. The van der Waals surface area contributed by atoms with E-state index in [2.05, 4.69) is 16.1 Å². The molecule has 2 saturated heterocycles. The van der Waals surface area contributed by atoms with Crippen LogP contribution in [0, 0.1) is 12.3 Å². The second-order valence-electron chi connectivity index (χ2n) is 6.71. The number of hydrogen-bond donors (Lipinski definition) is 1. The number of nitrogens with one attached hydrogen (secondary N) is 1. The molecule has 0 aromatic rings. The molecule has 2 fully saturated rings. The molecule has 0 atom stereocenters. The molecule has 2 heterocycles. The Hall–Kier alpha value is -1.74. The molecule has 2 amide bonds. The van der Waals surface area contributed by atoms with Gasteiger partial charge in [0.15, 0.2) is 0 Å². The van der Waals surface area contributed by atoms with E-state index < -0.39 is 5.60 Å². The molecule has 0 aromatic heterocycles. The minimum Gasteiger partial charge on any atom is -0.444 e. The van der Waals surface area contributed by atoms with E-state index in [0.29, 0.717) is 39.1 Å². The topological polar surface area (TPSA) is 61.9 Å². The molecule has 1 spiro atoms. The van der Waals surface area contributed by atoms with Crippen LogP contribution < -0.4 is 5.32 Å². The molecule has 116 valence electrons. The van der Waals surface area contributed by atoms with Crippen LogP contribution in [0.5, 0.6) is 0 Å². The monoisotopic (exact) mass is 293 g/mol. The molecule has 0 unspecified atom stereocenters. The van der Waals surface area contributed by atoms with Crippen molar-refractivity contribution in [2.45, 2.75) is 38.3 Å². The third-order valence-corrected chi connectivity index (χ3v) is 3.77. The largest absolute Gasteiger partial charge is 0.444 e. The molecule has 0 aliphatic carbocycles. The standard InChI is InChI=1S/C15H23N3O3/c1-5-7-18-8-6-16-12(19)9-15(18)10-17(11-15)13(20)21-14(2,3)4/h1H,6-11H2,2-4H3,(H,16,19). The molecule has 0 saturated carbocycles. The maximum absolute atomic E-state index is 12.0. The lowest BCUT2D eigenvalue weighted by atomic mass is 9.84. The Morgan fingerprint density at radius 2 is 2.14 bits per heavy atom. The van der Waals surface area contributed by atoms with Crippen LogP contribution in [0.15, 0.2) is 0 Å². The third-order valence-electron chi connectivity index (χ3n) is 3.77. The van der Waals surface area contributed by atoms with Crippen LogP contribution in [-0.4, -0.2) is 65.7 Å². The van der Waals surface area contributed by atoms with E-state index in [-0.39, 0.29) is 17.5 Å². The van der Waals surface area contributed by atoms with Gasteiger partial charge in [-0.15, -0.1) is 6.42 Å². The maximum Gasteiger partial charge on any atom is 0.410 e. The van der Waals surface area contributed by atoms with Gasteiger partial charge in [-0.1, -0.05) is 5.92 Å². The minimum atomic E-state index is -0.515. The van der Waals surface area contributed by atoms with Gasteiger partial charge in [0.05, 0.1) is 12.1 Å². The Morgan fingerprint density at radius 3 is 2.71 bits per heavy atom. The summed E-state index contributed by atoms with van der Waals surface area (Å²) < 4.78 is 5.36. The van der Waals surface area contributed by atoms with Gasteiger partial charge in [0.1, 0.15) is 5.60 Å². The summed E-state index contributed by atoms with van der Waals surface area (Å²) in [7, 11) is 0. The first-order valence-electron chi connectivity index (χ1n) is 7.19. The lowest BCUT2D eigenvalue weighted by molar-refractivity contribution is -0.126. The normalized spacial score (nSPS) is 22.0. The number of terminal acetylenes is 1. The molecule has 0 radical (unpaired) electrons. The fourth-order valence-corrected chi connectivity index (χ4v) is 2.83. The van der Waals surface area contributed by atoms with Crippen LogP contribution in [0.2, 0.25) is 0 Å². The maximum atomic E-state index is 12.0. The van der Waals surface area contributed by atoms with Crippen molar-refractivity contribution in [3.05, 3.63) is 0 Å². The zero-order valence-electron chi connectivity index (χ0n) is 12.9. The van der Waals surface area contributed by atoms with Crippen LogP contribution in [0.25, 0.3) is 0 Å². The molecule has 2 aliphatic rings. The van der Waals surface area contributed by atoms with Crippen molar-refractivity contribution in [3.63, 3.8) is 0 Å². The van der Waals surface area contributed by atoms with Crippen LogP contribution in [0.4, 0.5) is 4.79 Å². The molecule has 6 heteroatoms. The number of ether oxygens (including phenoxy) is 1. The molecule has 21 heavy (non-hydrogen) atoms. The number of nitrogens with zero attached hydrogens (tertiary/aromatic N) is 2. The highest BCUT2D eigenvalue weighted by Gasteiger charge is 2.52. The number of carbonyl (C=O) groups is 2. The number of rotatable bonds is 1. The van der Waals surface area contributed by atoms with Gasteiger partial charge in [-0.25, -0.2) is 4.79 Å². The molecule has 0 bridgehead atoms. The average Bonchev–Trinajstić information content (AvgIpc) is 2.45. The van der Waals surface area contributed by atoms with Gasteiger partial charge in [0.2, 0.25) is 5.91 Å². The van der Waals surface area contributed by atoms with Gasteiger partial charge in [0.25, 0.3) is 0 Å². The Bertz CT molecular complexity index is 470. The quantitative estimate of drug-likeness (QED) is 0.712. The molecular formula is C15H23N3O3. The predicted octanol–water partition coefficient (Wildman–Crippen LogP) is 0.431. The first kappa shape index (κ1) is 15.6. The first-order valence-corrected chi connectivity index (χ1v) is 7.19. The molecule has 2 aliphatic heterocycles. The Balaban J connectivity index is 2.04. The van der Waals surface area contributed by atoms with Crippen molar-refractivity contribution in [2.75, 3.05) is 32.7 Å². The molecule has 2 rings (SSSR count). The van der Waals surface area contributed by atoms with Crippen molar-refractivity contribution in [1.82, 2.24) is 15.1 Å². The average molecular weight is 293 g/mol. The molecule has 6 nitrogen and oxygen atoms in total. The first-order chi connectivity index (χ1) is 9.76. The van der Waals surface area contributed by atoms with E-state index in [0.717, 1.165) is 0 Å². The third kappa shape index (κ3) is 3.48. The van der Waals surface area contributed by atoms with Crippen molar-refractivity contribution < 1.29 is 14.3 Å². The number of likely N-dealkylation sites (tertiary alicyclic amines) is 1. The van der Waals surface area contributed by atoms with Crippen LogP contribution in [0.1, 0.15) is 27.2 Å². The molecule has 1 N–H and O–H groups in total. The van der Waals surface area contributed by atoms with Crippen LogP contribution in [-0.2, 0) is 9.53 Å². The fourth-order valence-electron chi connectivity index (χ4n) is 2.83. The van der Waals surface area contributed by atoms with E-state index >= 15 is 0 Å². The van der Waals surface area contributed by atoms with Gasteiger partial charge in [-0.05, 0) is 20.8 Å². The second-order valence-corrected chi connectivity index (χ2v) is 6.71. The van der Waals surface area contributed by atoms with Gasteiger partial charge in [-0.3, -0.25) is 9.69 Å². The Kier molecular flexibility index (Phi) is 4.15. The van der Waals surface area contributed by atoms with Crippen molar-refractivity contribution in [3.8, 4) is 12.3 Å². The Labute approximate surface area is 125 Å². The summed E-state index contributed by atoms with van der Waals surface area (Å²) >= 11 is 0. The SMILES string of the molecule is C#CCN1CCNC(=O)CC12CN(C(=O)OC(C)(C)C)C2. The lowest BCUT2D eigenvalue weighted by Crippen LogP contribution is -2.71. The predicted molar refractivity (Wildman–Crippen MR) is 78.6 cm³/mol. The lowest BCUT2D eigenvalue weighted by Gasteiger charge is -2.54. The van der Waals surface area contributed by atoms with Gasteiger partial charge < -0.3 is 15.0 Å². The molecular weight excluding hydrogens is 270 g/mol. The summed E-state index contributed by atoms with van der Waals surface area (Å²) in [5, 5.41) is 2.85. The summed E-state index contributed by atoms with van der Waals surface area (Å²) in [6, 6.07) is 0. The Morgan fingerprint density at radius 1 is 1.48 bits per heavy atom. The van der Waals surface area contributed by atoms with E-state index in [1.165, 1.54) is 0 Å². The summed E-state index contributed by atoms with van der Waals surface area (Å²) in [6.07, 6.45) is 5.45. The zero-order valence-corrected chi connectivity index (χ0v) is 12.9. The summed E-state index contributed by atoms with van der Waals surface area (Å²) in [5.74, 6) is 2.65. The van der Waals surface area contributed by atoms with Gasteiger partial charge in [0, 0.05) is 32.6 Å². The second kappa shape index (κ2) is 5.57. The van der Waals surface area contributed by atoms with Crippen molar-refractivity contribution in [1.29, 1.82) is 0 Å². The highest BCUT2D eigenvalue weighted by Crippen LogP contribution is 2.33. The fraction of sp³-hybridized carbons (Fsp3) is 0.733. The van der Waals surface area contributed by atoms with Crippen molar-refractivity contribution >= 4 is 12.0 Å². The summed E-state index contributed by atoms with van der Waals surface area (Å²) in [4.78, 5) is 27.6. The van der Waals surface area contributed by atoms with Crippen molar-refractivity contribution in [2.24, 2.45) is 0 Å². The van der Waals surface area contributed by atoms with Crippen LogP contribution in [0.3, 0.4) is 0 Å². The highest BCUT2D eigenvalue weighted by atomic mass is 16.6. The van der Waals surface area contributed by atoms with E-state index in [1.807, 2.05) is 20.8 Å². The van der Waals surface area contributed by atoms with E-state index in [4.69, 9.17) is 11.2 Å². The number of hydrogen-bond acceptors (Lipinski definition) is 4. The van der Waals surface area contributed by atoms with Gasteiger partial charge >= 0.3 is 6.09 Å². The van der Waals surface area contributed by atoms with E-state index in [1.54, 1.807) is 4.90 Å². The van der Waals surface area contributed by atoms with E-state index in [9.17, 15) is 9.59 Å². The van der Waals surface area contributed by atoms with Gasteiger partial charge in [-0.2, -0.15) is 0 Å². The smallest absolute Gasteiger partial charge is 0.410 e. The minimum absolute atomic E-state index is 0.0124. The highest BCUT2D eigenvalue weighted by molar-refractivity contribution is 5.79. The number of amides is 2. The summed E-state index contributed by atoms with van der Waals surface area (Å²) in [5.41, 5.74) is -0.858.